The number of carboxylic acid groups (broad SMARTS) is 1. The molecule has 0 aromatic heterocycles. The minimum atomic E-state index is -4.02. The predicted molar refractivity (Wildman–Crippen MR) is 39.2 cm³/mol. The fraction of sp³-hybridized carbons (Fsp3) is 0.200. The Balaban J connectivity index is 3.15. The van der Waals surface area contributed by atoms with Gasteiger partial charge in [0.15, 0.2) is 0 Å². The molecule has 6 nitrogen and oxygen atoms in total. The van der Waals surface area contributed by atoms with Crippen LogP contribution in [0.3, 0.4) is 0 Å². The molecule has 0 aliphatic carbocycles. The Kier molecular flexibility index (Phi) is 1.99. The molecule has 0 bridgehead atoms. The molecule has 0 radical (unpaired) electrons. The second kappa shape index (κ2) is 2.68. The van der Waals surface area contributed by atoms with Crippen molar-refractivity contribution in [2.24, 2.45) is 4.99 Å². The third kappa shape index (κ3) is 1.12. The van der Waals surface area contributed by atoms with Crippen LogP contribution in [-0.2, 0) is 14.6 Å². The number of carboxylic acids is 1. The number of aliphatic hydroxyl groups excluding tert-OH is 1. The summed E-state index contributed by atoms with van der Waals surface area (Å²) < 4.78 is 22.1. The smallest absolute Gasteiger partial charge is 0.366 e. The summed E-state index contributed by atoms with van der Waals surface area (Å²) in [5.74, 6) is -1.62. The maximum Gasteiger partial charge on any atom is 0.366 e. The number of sulfone groups is 1. The van der Waals surface area contributed by atoms with Gasteiger partial charge >= 0.3 is 5.97 Å². The Labute approximate surface area is 67.8 Å². The van der Waals surface area contributed by atoms with Crippen LogP contribution in [0.2, 0.25) is 0 Å². The number of aliphatic imine (C=N–C) groups is 1. The van der Waals surface area contributed by atoms with Gasteiger partial charge in [0.1, 0.15) is 0 Å². The number of hydrogen-bond acceptors (Lipinski definition) is 5. The summed E-state index contributed by atoms with van der Waals surface area (Å²) in [5.41, 5.74) is 0. The molecule has 1 aliphatic heterocycles. The molecule has 0 saturated heterocycles. The van der Waals surface area contributed by atoms with Gasteiger partial charge in [-0.25, -0.2) is 18.2 Å². The summed E-state index contributed by atoms with van der Waals surface area (Å²) in [6, 6.07) is 0. The van der Waals surface area contributed by atoms with Gasteiger partial charge in [-0.3, -0.25) is 0 Å². The molecule has 1 heterocycles. The first-order valence-electron chi connectivity index (χ1n) is 2.86. The second-order valence-corrected chi connectivity index (χ2v) is 3.91. The van der Waals surface area contributed by atoms with Gasteiger partial charge in [-0.05, 0) is 0 Å². The predicted octanol–water partition coefficient (Wildman–Crippen LogP) is -1.27. The second-order valence-electron chi connectivity index (χ2n) is 2.00. The topological polar surface area (TPSA) is 104 Å². The SMILES string of the molecule is O=C(O)C1=NC=C(CO)S1(=O)=O. The van der Waals surface area contributed by atoms with Crippen LogP contribution in [0.5, 0.6) is 0 Å². The van der Waals surface area contributed by atoms with Crippen LogP contribution in [0.25, 0.3) is 0 Å². The Hall–Kier alpha value is -1.21. The van der Waals surface area contributed by atoms with E-state index in [1.54, 1.807) is 0 Å². The Morgan fingerprint density at radius 3 is 2.42 bits per heavy atom. The van der Waals surface area contributed by atoms with Gasteiger partial charge in [-0.15, -0.1) is 0 Å². The quantitative estimate of drug-likeness (QED) is 0.566. The van der Waals surface area contributed by atoms with Crippen LogP contribution in [0.1, 0.15) is 0 Å². The average Bonchev–Trinajstić information content (AvgIpc) is 2.24. The highest BCUT2D eigenvalue weighted by atomic mass is 32.2. The number of rotatable bonds is 2. The summed E-state index contributed by atoms with van der Waals surface area (Å²) in [7, 11) is -4.02. The molecule has 66 valence electrons. The van der Waals surface area contributed by atoms with E-state index >= 15 is 0 Å². The van der Waals surface area contributed by atoms with E-state index in [0.29, 0.717) is 0 Å². The first-order valence-corrected chi connectivity index (χ1v) is 4.34. The van der Waals surface area contributed by atoms with Gasteiger partial charge in [0, 0.05) is 6.20 Å². The van der Waals surface area contributed by atoms with Gasteiger partial charge in [-0.1, -0.05) is 0 Å². The van der Waals surface area contributed by atoms with E-state index in [4.69, 9.17) is 10.2 Å². The Bertz CT molecular complexity index is 377. The zero-order valence-electron chi connectivity index (χ0n) is 5.76. The standard InChI is InChI=1S/C5H5NO5S/c7-2-3-1-6-4(5(8)9)12(3,10)11/h1,7H,2H2,(H,8,9). The van der Waals surface area contributed by atoms with Gasteiger partial charge < -0.3 is 10.2 Å². The lowest BCUT2D eigenvalue weighted by molar-refractivity contribution is -0.129. The van der Waals surface area contributed by atoms with Crippen LogP contribution < -0.4 is 0 Å². The monoisotopic (exact) mass is 191 g/mol. The maximum atomic E-state index is 11.0. The van der Waals surface area contributed by atoms with Crippen molar-refractivity contribution in [1.82, 2.24) is 0 Å². The van der Waals surface area contributed by atoms with Crippen LogP contribution in [-0.4, -0.2) is 36.3 Å². The normalized spacial score (nSPS) is 20.1. The summed E-state index contributed by atoms with van der Waals surface area (Å²) >= 11 is 0. The first kappa shape index (κ1) is 8.88. The average molecular weight is 191 g/mol. The first-order chi connectivity index (χ1) is 5.50. The highest BCUT2D eigenvalue weighted by Crippen LogP contribution is 2.16. The fourth-order valence-electron chi connectivity index (χ4n) is 0.690. The number of carbonyl (C=O) groups is 1. The highest BCUT2D eigenvalue weighted by Gasteiger charge is 2.34. The molecule has 1 aliphatic rings. The highest BCUT2D eigenvalue weighted by molar-refractivity contribution is 8.11. The van der Waals surface area contributed by atoms with E-state index in [1.165, 1.54) is 0 Å². The van der Waals surface area contributed by atoms with Gasteiger partial charge in [0.2, 0.25) is 14.9 Å². The third-order valence-corrected chi connectivity index (χ3v) is 2.98. The molecule has 0 aromatic carbocycles. The van der Waals surface area contributed by atoms with E-state index in [9.17, 15) is 13.2 Å². The Morgan fingerprint density at radius 2 is 2.17 bits per heavy atom. The molecule has 7 heteroatoms. The summed E-state index contributed by atoms with van der Waals surface area (Å²) in [4.78, 5) is 13.0. The number of hydrogen-bond donors (Lipinski definition) is 2. The van der Waals surface area contributed by atoms with Crippen molar-refractivity contribution in [1.29, 1.82) is 0 Å². The van der Waals surface area contributed by atoms with Crippen molar-refractivity contribution in [2.45, 2.75) is 0 Å². The van der Waals surface area contributed by atoms with Crippen LogP contribution in [0.4, 0.5) is 0 Å². The molecule has 12 heavy (non-hydrogen) atoms. The van der Waals surface area contributed by atoms with E-state index in [0.717, 1.165) is 6.20 Å². The van der Waals surface area contributed by atoms with E-state index in [1.807, 2.05) is 0 Å². The van der Waals surface area contributed by atoms with Crippen LogP contribution >= 0.6 is 0 Å². The van der Waals surface area contributed by atoms with E-state index < -0.39 is 27.5 Å². The number of aliphatic hydroxyl groups is 1. The fourth-order valence-corrected chi connectivity index (χ4v) is 1.72. The molecule has 2 N–H and O–H groups in total. The summed E-state index contributed by atoms with van der Waals surface area (Å²) in [6.07, 6.45) is 0.832. The Morgan fingerprint density at radius 1 is 1.58 bits per heavy atom. The molecule has 0 unspecified atom stereocenters. The third-order valence-electron chi connectivity index (χ3n) is 1.26. The number of aliphatic carboxylic acids is 1. The van der Waals surface area contributed by atoms with Gasteiger partial charge in [-0.2, -0.15) is 0 Å². The molecule has 1 rings (SSSR count). The molecule has 0 fully saturated rings. The number of nitrogens with zero attached hydrogens (tertiary/aromatic N) is 1. The van der Waals surface area contributed by atoms with Crippen LogP contribution in [0, 0.1) is 0 Å². The van der Waals surface area contributed by atoms with Crippen molar-refractivity contribution in [2.75, 3.05) is 6.61 Å². The molecular formula is C5H5NO5S. The minimum Gasteiger partial charge on any atom is -0.476 e. The zero-order chi connectivity index (χ0) is 9.35. The van der Waals surface area contributed by atoms with Crippen molar-refractivity contribution < 1.29 is 23.4 Å². The van der Waals surface area contributed by atoms with E-state index in [-0.39, 0.29) is 4.91 Å². The molecule has 0 amide bonds. The van der Waals surface area contributed by atoms with Crippen molar-refractivity contribution in [3.8, 4) is 0 Å². The van der Waals surface area contributed by atoms with E-state index in [2.05, 4.69) is 4.99 Å². The summed E-state index contributed by atoms with van der Waals surface area (Å²) in [5, 5.41) is 15.9. The van der Waals surface area contributed by atoms with Gasteiger partial charge in [0.25, 0.3) is 0 Å². The molecule has 0 atom stereocenters. The summed E-state index contributed by atoms with van der Waals surface area (Å²) in [6.45, 7) is -0.734. The zero-order valence-corrected chi connectivity index (χ0v) is 6.58. The molecule has 0 saturated carbocycles. The van der Waals surface area contributed by atoms with Crippen LogP contribution in [0.15, 0.2) is 16.1 Å². The van der Waals surface area contributed by atoms with Crippen molar-refractivity contribution in [3.63, 3.8) is 0 Å². The van der Waals surface area contributed by atoms with Gasteiger partial charge in [0.05, 0.1) is 11.5 Å². The lowest BCUT2D eigenvalue weighted by atomic mass is 10.6. The molecular weight excluding hydrogens is 186 g/mol. The maximum absolute atomic E-state index is 11.0. The lowest BCUT2D eigenvalue weighted by Crippen LogP contribution is -2.23. The van der Waals surface area contributed by atoms with Crippen molar-refractivity contribution in [3.05, 3.63) is 11.1 Å². The minimum absolute atomic E-state index is 0.389. The largest absolute Gasteiger partial charge is 0.476 e. The lowest BCUT2D eigenvalue weighted by Gasteiger charge is -1.96. The molecule has 0 aromatic rings. The van der Waals surface area contributed by atoms with Crippen molar-refractivity contribution >= 4 is 20.9 Å². The molecule has 0 spiro atoms.